The molecule has 0 bridgehead atoms. The van der Waals surface area contributed by atoms with Gasteiger partial charge in [0.05, 0.1) is 6.07 Å². The van der Waals surface area contributed by atoms with Crippen LogP contribution < -0.4 is 0 Å². The minimum absolute atomic E-state index is 0.0243. The van der Waals surface area contributed by atoms with Gasteiger partial charge in [0.25, 0.3) is 0 Å². The lowest BCUT2D eigenvalue weighted by Gasteiger charge is -2.08. The van der Waals surface area contributed by atoms with E-state index < -0.39 is 5.41 Å². The topological polar surface area (TPSA) is 40.9 Å². The quantitative estimate of drug-likeness (QED) is 0.769. The maximum absolute atomic E-state index is 12.1. The monoisotopic (exact) mass is 263 g/mol. The van der Waals surface area contributed by atoms with Gasteiger partial charge in [-0.2, -0.15) is 5.26 Å². The van der Waals surface area contributed by atoms with E-state index in [2.05, 4.69) is 22.0 Å². The van der Waals surface area contributed by atoms with E-state index in [1.165, 1.54) is 0 Å². The van der Waals surface area contributed by atoms with Gasteiger partial charge in [-0.3, -0.25) is 4.79 Å². The van der Waals surface area contributed by atoms with Crippen LogP contribution in [0.3, 0.4) is 0 Å². The molecule has 15 heavy (non-hydrogen) atoms. The number of nitrogens with zero attached hydrogens (tertiary/aromatic N) is 1. The molecule has 0 saturated heterocycles. The lowest BCUT2D eigenvalue weighted by atomic mass is 9.93. The van der Waals surface area contributed by atoms with Gasteiger partial charge in [-0.1, -0.05) is 22.0 Å². The Bertz CT molecular complexity index is 469. The molecule has 0 aromatic heterocycles. The van der Waals surface area contributed by atoms with E-state index in [-0.39, 0.29) is 5.78 Å². The van der Waals surface area contributed by atoms with Gasteiger partial charge in [-0.15, -0.1) is 0 Å². The van der Waals surface area contributed by atoms with Crippen molar-refractivity contribution in [2.24, 2.45) is 5.41 Å². The third-order valence-corrected chi connectivity index (χ3v) is 3.34. The highest BCUT2D eigenvalue weighted by Crippen LogP contribution is 2.48. The highest BCUT2D eigenvalue weighted by molar-refractivity contribution is 9.10. The molecule has 0 amide bonds. The Morgan fingerprint density at radius 1 is 1.53 bits per heavy atom. The highest BCUT2D eigenvalue weighted by Gasteiger charge is 2.50. The Hall–Kier alpha value is -1.14. The summed E-state index contributed by atoms with van der Waals surface area (Å²) in [7, 11) is 0. The maximum Gasteiger partial charge on any atom is 0.183 e. The fourth-order valence-electron chi connectivity index (χ4n) is 1.61. The molecule has 3 heteroatoms. The van der Waals surface area contributed by atoms with Gasteiger partial charge in [0.15, 0.2) is 5.78 Å². The summed E-state index contributed by atoms with van der Waals surface area (Å²) in [6, 6.07) is 7.73. The molecule has 2 nitrogen and oxygen atoms in total. The molecule has 0 atom stereocenters. The number of ketones is 1. The first-order valence-corrected chi connectivity index (χ1v) is 5.60. The first-order chi connectivity index (χ1) is 7.09. The molecule has 1 aromatic carbocycles. The lowest BCUT2D eigenvalue weighted by molar-refractivity contribution is 0.0934. The zero-order valence-corrected chi connectivity index (χ0v) is 9.97. The molecule has 1 fully saturated rings. The van der Waals surface area contributed by atoms with Crippen molar-refractivity contribution < 1.29 is 4.79 Å². The molecule has 0 unspecified atom stereocenters. The number of hydrogen-bond donors (Lipinski definition) is 0. The minimum Gasteiger partial charge on any atom is -0.292 e. The number of halogens is 1. The molecule has 1 aliphatic carbocycles. The van der Waals surface area contributed by atoms with Crippen molar-refractivity contribution in [3.63, 3.8) is 0 Å². The normalized spacial score (nSPS) is 16.9. The van der Waals surface area contributed by atoms with Gasteiger partial charge in [0.2, 0.25) is 0 Å². The molecule has 76 valence electrons. The number of carbonyl (C=O) groups excluding carboxylic acids is 1. The molecule has 1 aliphatic rings. The van der Waals surface area contributed by atoms with Crippen LogP contribution in [-0.4, -0.2) is 5.78 Å². The van der Waals surface area contributed by atoms with Crippen molar-refractivity contribution >= 4 is 21.7 Å². The van der Waals surface area contributed by atoms with E-state index in [1.54, 1.807) is 6.07 Å². The first-order valence-electron chi connectivity index (χ1n) is 4.81. The van der Waals surface area contributed by atoms with Crippen LogP contribution in [0.2, 0.25) is 0 Å². The summed E-state index contributed by atoms with van der Waals surface area (Å²) in [5, 5.41) is 8.97. The van der Waals surface area contributed by atoms with Gasteiger partial charge < -0.3 is 0 Å². The fraction of sp³-hybridized carbons (Fsp3) is 0.333. The van der Waals surface area contributed by atoms with Crippen LogP contribution in [0.15, 0.2) is 22.7 Å². The SMILES string of the molecule is Cc1ccc(Br)cc1C(=O)C1(C#N)CC1. The van der Waals surface area contributed by atoms with Crippen molar-refractivity contribution in [2.75, 3.05) is 0 Å². The average Bonchev–Trinajstić information content (AvgIpc) is 3.01. The number of Topliss-reactive ketones (excluding diaryl/α,β-unsaturated/α-hetero) is 1. The largest absolute Gasteiger partial charge is 0.292 e. The molecular formula is C12H10BrNO. The molecule has 0 spiro atoms. The Morgan fingerprint density at radius 2 is 2.20 bits per heavy atom. The molecule has 0 radical (unpaired) electrons. The van der Waals surface area contributed by atoms with Crippen molar-refractivity contribution in [2.45, 2.75) is 19.8 Å². The smallest absolute Gasteiger partial charge is 0.183 e. The predicted molar refractivity (Wildman–Crippen MR) is 60.5 cm³/mol. The molecule has 0 aliphatic heterocycles. The Morgan fingerprint density at radius 3 is 2.73 bits per heavy atom. The molecule has 1 saturated carbocycles. The lowest BCUT2D eigenvalue weighted by Crippen LogP contribution is -2.15. The van der Waals surface area contributed by atoms with Crippen LogP contribution >= 0.6 is 15.9 Å². The van der Waals surface area contributed by atoms with Crippen LogP contribution in [0, 0.1) is 23.7 Å². The van der Waals surface area contributed by atoms with Crippen molar-refractivity contribution in [1.82, 2.24) is 0 Å². The predicted octanol–water partition coefficient (Wildman–Crippen LogP) is 3.24. The van der Waals surface area contributed by atoms with Gasteiger partial charge in [0.1, 0.15) is 5.41 Å². The molecule has 0 N–H and O–H groups in total. The molecule has 2 rings (SSSR count). The second kappa shape index (κ2) is 3.46. The van der Waals surface area contributed by atoms with E-state index in [0.29, 0.717) is 18.4 Å². The van der Waals surface area contributed by atoms with Gasteiger partial charge in [0, 0.05) is 10.0 Å². The number of nitriles is 1. The summed E-state index contributed by atoms with van der Waals surface area (Å²) in [5.41, 5.74) is 0.888. The van der Waals surface area contributed by atoms with E-state index in [0.717, 1.165) is 10.0 Å². The van der Waals surface area contributed by atoms with Gasteiger partial charge in [-0.25, -0.2) is 0 Å². The third kappa shape index (κ3) is 1.70. The molecular weight excluding hydrogens is 254 g/mol. The summed E-state index contributed by atoms with van der Waals surface area (Å²) in [5.74, 6) is -0.0243. The van der Waals surface area contributed by atoms with Crippen LogP contribution in [0.4, 0.5) is 0 Å². The summed E-state index contributed by atoms with van der Waals surface area (Å²) in [6.45, 7) is 1.90. The Labute approximate surface area is 97.0 Å². The molecule has 0 heterocycles. The standard InChI is InChI=1S/C12H10BrNO/c1-8-2-3-9(13)6-10(8)11(15)12(7-14)4-5-12/h2-3,6H,4-5H2,1H3. The second-order valence-corrected chi connectivity index (χ2v) is 4.90. The summed E-state index contributed by atoms with van der Waals surface area (Å²) in [4.78, 5) is 12.1. The van der Waals surface area contributed by atoms with E-state index in [1.807, 2.05) is 19.1 Å². The van der Waals surface area contributed by atoms with Crippen LogP contribution in [-0.2, 0) is 0 Å². The van der Waals surface area contributed by atoms with Crippen LogP contribution in [0.1, 0.15) is 28.8 Å². The highest BCUT2D eigenvalue weighted by atomic mass is 79.9. The average molecular weight is 264 g/mol. The van der Waals surface area contributed by atoms with Gasteiger partial charge in [-0.05, 0) is 37.5 Å². The van der Waals surface area contributed by atoms with Crippen molar-refractivity contribution in [3.05, 3.63) is 33.8 Å². The van der Waals surface area contributed by atoms with E-state index >= 15 is 0 Å². The van der Waals surface area contributed by atoms with Gasteiger partial charge >= 0.3 is 0 Å². The Balaban J connectivity index is 2.43. The zero-order chi connectivity index (χ0) is 11.1. The zero-order valence-electron chi connectivity index (χ0n) is 8.38. The van der Waals surface area contributed by atoms with Crippen LogP contribution in [0.25, 0.3) is 0 Å². The Kier molecular flexibility index (Phi) is 2.40. The minimum atomic E-state index is -0.717. The van der Waals surface area contributed by atoms with Crippen molar-refractivity contribution in [3.8, 4) is 6.07 Å². The number of hydrogen-bond acceptors (Lipinski definition) is 2. The molecule has 1 aromatic rings. The summed E-state index contributed by atoms with van der Waals surface area (Å²) >= 11 is 3.34. The van der Waals surface area contributed by atoms with E-state index in [4.69, 9.17) is 5.26 Å². The second-order valence-electron chi connectivity index (χ2n) is 3.98. The summed E-state index contributed by atoms with van der Waals surface area (Å²) in [6.07, 6.45) is 1.41. The number of benzene rings is 1. The number of aryl methyl sites for hydroxylation is 1. The third-order valence-electron chi connectivity index (χ3n) is 2.84. The number of carbonyl (C=O) groups is 1. The number of rotatable bonds is 2. The van der Waals surface area contributed by atoms with Crippen LogP contribution in [0.5, 0.6) is 0 Å². The first kappa shape index (κ1) is 10.4. The summed E-state index contributed by atoms with van der Waals surface area (Å²) < 4.78 is 0.880. The van der Waals surface area contributed by atoms with Crippen molar-refractivity contribution in [1.29, 1.82) is 5.26 Å². The fourth-order valence-corrected chi connectivity index (χ4v) is 1.97. The van der Waals surface area contributed by atoms with E-state index in [9.17, 15) is 4.79 Å². The maximum atomic E-state index is 12.1.